The summed E-state index contributed by atoms with van der Waals surface area (Å²) in [6.07, 6.45) is 2.43. The van der Waals surface area contributed by atoms with Gasteiger partial charge in [0.15, 0.2) is 8.32 Å². The number of ether oxygens (including phenoxy) is 1. The molecule has 1 unspecified atom stereocenters. The average Bonchev–Trinajstić information content (AvgIpc) is 2.65. The zero-order chi connectivity index (χ0) is 22.1. The monoisotopic (exact) mass is 417 g/mol. The molecule has 0 saturated carbocycles. The molecule has 1 rings (SSSR count). The van der Waals surface area contributed by atoms with Gasteiger partial charge < -0.3 is 9.16 Å². The van der Waals surface area contributed by atoms with Gasteiger partial charge in [0.25, 0.3) is 0 Å². The van der Waals surface area contributed by atoms with Gasteiger partial charge in [-0.05, 0) is 30.1 Å². The molecule has 1 aromatic rings. The van der Waals surface area contributed by atoms with Crippen LogP contribution in [0, 0.1) is 5.92 Å². The Kier molecular flexibility index (Phi) is 10.0. The fourth-order valence-electron chi connectivity index (χ4n) is 2.83. The van der Waals surface area contributed by atoms with Crippen LogP contribution in [0.25, 0.3) is 0 Å². The van der Waals surface area contributed by atoms with Crippen LogP contribution >= 0.6 is 0 Å². The lowest BCUT2D eigenvalue weighted by atomic mass is 9.99. The smallest absolute Gasteiger partial charge is 0.310 e. The molecule has 5 heteroatoms. The minimum absolute atomic E-state index is 0.144. The number of carbonyl (C=O) groups excluding carboxylic acids is 1. The summed E-state index contributed by atoms with van der Waals surface area (Å²) in [7, 11) is -0.407. The first-order chi connectivity index (χ1) is 13.5. The van der Waals surface area contributed by atoms with Gasteiger partial charge in [0.05, 0.1) is 19.6 Å². The Morgan fingerprint density at radius 1 is 1.24 bits per heavy atom. The summed E-state index contributed by atoms with van der Waals surface area (Å²) in [5.41, 5.74) is 2.14. The van der Waals surface area contributed by atoms with Crippen LogP contribution in [-0.2, 0) is 20.5 Å². The van der Waals surface area contributed by atoms with Crippen molar-refractivity contribution in [2.75, 3.05) is 26.8 Å². The van der Waals surface area contributed by atoms with Gasteiger partial charge in [0.2, 0.25) is 0 Å². The number of methoxy groups -OCH3 is 1. The van der Waals surface area contributed by atoms with E-state index < -0.39 is 8.32 Å². The van der Waals surface area contributed by atoms with E-state index >= 15 is 0 Å². The summed E-state index contributed by atoms with van der Waals surface area (Å²) in [5.74, 6) is -0.486. The topological polar surface area (TPSA) is 38.8 Å². The highest BCUT2D eigenvalue weighted by Crippen LogP contribution is 2.36. The molecular weight excluding hydrogens is 378 g/mol. The van der Waals surface area contributed by atoms with E-state index in [9.17, 15) is 4.79 Å². The molecule has 0 saturated heterocycles. The van der Waals surface area contributed by atoms with Crippen molar-refractivity contribution in [3.63, 3.8) is 0 Å². The van der Waals surface area contributed by atoms with Gasteiger partial charge in [-0.2, -0.15) is 0 Å². The highest BCUT2D eigenvalue weighted by molar-refractivity contribution is 6.74. The zero-order valence-electron chi connectivity index (χ0n) is 19.2. The maximum Gasteiger partial charge on any atom is 0.310 e. The third-order valence-corrected chi connectivity index (χ3v) is 10.1. The SMILES string of the molecule is C=CCN(Cc1ccccc1)CC(CC(=C)CO[Si](C)(C)C(C)(C)C)C(=O)OC. The van der Waals surface area contributed by atoms with Crippen molar-refractivity contribution in [1.29, 1.82) is 0 Å². The summed E-state index contributed by atoms with van der Waals surface area (Å²) in [6.45, 7) is 21.7. The van der Waals surface area contributed by atoms with E-state index in [1.54, 1.807) is 0 Å². The third-order valence-electron chi connectivity index (χ3n) is 5.63. The number of benzene rings is 1. The second-order valence-electron chi connectivity index (χ2n) is 9.19. The van der Waals surface area contributed by atoms with Gasteiger partial charge >= 0.3 is 5.97 Å². The number of hydrogen-bond donors (Lipinski definition) is 0. The number of rotatable bonds is 12. The molecule has 1 atom stereocenters. The molecule has 1 aromatic carbocycles. The second kappa shape index (κ2) is 11.5. The molecule has 162 valence electrons. The number of nitrogens with zero attached hydrogens (tertiary/aromatic N) is 1. The van der Waals surface area contributed by atoms with E-state index in [4.69, 9.17) is 9.16 Å². The van der Waals surface area contributed by atoms with E-state index in [2.05, 4.69) is 64.1 Å². The van der Waals surface area contributed by atoms with E-state index in [1.165, 1.54) is 12.7 Å². The molecule has 0 N–H and O–H groups in total. The van der Waals surface area contributed by atoms with Gasteiger partial charge in [-0.1, -0.05) is 69.3 Å². The van der Waals surface area contributed by atoms with Gasteiger partial charge in [-0.25, -0.2) is 0 Å². The van der Waals surface area contributed by atoms with Crippen LogP contribution in [-0.4, -0.2) is 46.0 Å². The number of carbonyl (C=O) groups is 1. The van der Waals surface area contributed by atoms with E-state index in [0.29, 0.717) is 26.1 Å². The van der Waals surface area contributed by atoms with E-state index in [0.717, 1.165) is 12.1 Å². The molecule has 0 bridgehead atoms. The van der Waals surface area contributed by atoms with Gasteiger partial charge in [0.1, 0.15) is 0 Å². The van der Waals surface area contributed by atoms with Crippen molar-refractivity contribution >= 4 is 14.3 Å². The van der Waals surface area contributed by atoms with Crippen molar-refractivity contribution in [3.8, 4) is 0 Å². The Morgan fingerprint density at radius 2 is 1.86 bits per heavy atom. The maximum absolute atomic E-state index is 12.5. The molecule has 0 aliphatic heterocycles. The molecular formula is C24H39NO3Si. The van der Waals surface area contributed by atoms with Crippen molar-refractivity contribution in [3.05, 3.63) is 60.7 Å². The van der Waals surface area contributed by atoms with Crippen molar-refractivity contribution in [1.82, 2.24) is 4.90 Å². The molecule has 0 radical (unpaired) electrons. The number of esters is 1. The Bertz CT molecular complexity index is 664. The summed E-state index contributed by atoms with van der Waals surface area (Å²) < 4.78 is 11.4. The molecule has 0 aliphatic rings. The normalized spacial score (nSPS) is 13.2. The first-order valence-electron chi connectivity index (χ1n) is 10.3. The van der Waals surface area contributed by atoms with Crippen molar-refractivity contribution in [2.45, 2.75) is 51.9 Å². The average molecular weight is 418 g/mol. The summed E-state index contributed by atoms with van der Waals surface area (Å²) in [4.78, 5) is 14.7. The highest BCUT2D eigenvalue weighted by Gasteiger charge is 2.37. The summed E-state index contributed by atoms with van der Waals surface area (Å²) in [6, 6.07) is 10.2. The fourth-order valence-corrected chi connectivity index (χ4v) is 3.83. The van der Waals surface area contributed by atoms with Crippen LogP contribution in [0.5, 0.6) is 0 Å². The van der Waals surface area contributed by atoms with Crippen molar-refractivity contribution < 1.29 is 14.0 Å². The lowest BCUT2D eigenvalue weighted by Crippen LogP contribution is -2.41. The molecule has 0 heterocycles. The summed E-state index contributed by atoms with van der Waals surface area (Å²) >= 11 is 0. The van der Waals surface area contributed by atoms with Crippen molar-refractivity contribution in [2.24, 2.45) is 5.92 Å². The van der Waals surface area contributed by atoms with Gasteiger partial charge in [0, 0.05) is 19.6 Å². The standard InChI is InChI=1S/C24H39NO3Si/c1-9-15-25(17-21-13-11-10-12-14-21)18-22(23(26)27-6)16-20(2)19-28-29(7,8)24(3,4)5/h9-14,22H,1-2,15-19H2,3-8H3. The Morgan fingerprint density at radius 3 is 2.38 bits per heavy atom. The molecule has 0 aromatic heterocycles. The number of hydrogen-bond acceptors (Lipinski definition) is 4. The Hall–Kier alpha value is -1.69. The highest BCUT2D eigenvalue weighted by atomic mass is 28.4. The zero-order valence-corrected chi connectivity index (χ0v) is 20.2. The van der Waals surface area contributed by atoms with E-state index in [1.807, 2.05) is 24.3 Å². The minimum atomic E-state index is -1.85. The van der Waals surface area contributed by atoms with Crippen LogP contribution in [0.3, 0.4) is 0 Å². The molecule has 4 nitrogen and oxygen atoms in total. The molecule has 0 amide bonds. The molecule has 29 heavy (non-hydrogen) atoms. The quantitative estimate of drug-likeness (QED) is 0.258. The van der Waals surface area contributed by atoms with Gasteiger partial charge in [-0.15, -0.1) is 6.58 Å². The predicted octanol–water partition coefficient (Wildman–Crippen LogP) is 5.43. The summed E-state index contributed by atoms with van der Waals surface area (Å²) in [5, 5.41) is 0.144. The fraction of sp³-hybridized carbons (Fsp3) is 0.542. The third kappa shape index (κ3) is 8.68. The van der Waals surface area contributed by atoms with Crippen LogP contribution in [0.4, 0.5) is 0 Å². The molecule has 0 spiro atoms. The largest absolute Gasteiger partial charge is 0.469 e. The first-order valence-corrected chi connectivity index (χ1v) is 13.2. The van der Waals surface area contributed by atoms with Crippen LogP contribution in [0.15, 0.2) is 55.1 Å². The van der Waals surface area contributed by atoms with Crippen LogP contribution < -0.4 is 0 Å². The first kappa shape index (κ1) is 25.3. The second-order valence-corrected chi connectivity index (χ2v) is 14.0. The van der Waals surface area contributed by atoms with E-state index in [-0.39, 0.29) is 16.9 Å². The Balaban J connectivity index is 2.78. The predicted molar refractivity (Wildman–Crippen MR) is 124 cm³/mol. The maximum atomic E-state index is 12.5. The molecule has 0 fully saturated rings. The Labute approximate surface area is 178 Å². The van der Waals surface area contributed by atoms with Crippen LogP contribution in [0.2, 0.25) is 18.1 Å². The minimum Gasteiger partial charge on any atom is -0.469 e. The lowest BCUT2D eigenvalue weighted by molar-refractivity contribution is -0.146. The lowest BCUT2D eigenvalue weighted by Gasteiger charge is -2.36. The molecule has 0 aliphatic carbocycles. The van der Waals surface area contributed by atoms with Gasteiger partial charge in [-0.3, -0.25) is 9.69 Å². The van der Waals surface area contributed by atoms with Crippen LogP contribution in [0.1, 0.15) is 32.8 Å².